The molecule has 25 heavy (non-hydrogen) atoms. The Kier molecular flexibility index (Phi) is 4.65. The van der Waals surface area contributed by atoms with Crippen molar-refractivity contribution in [1.82, 2.24) is 0 Å². The maximum atomic E-state index is 13.2. The molecule has 2 aromatic carbocycles. The topological polar surface area (TPSA) is 58.2 Å². The Balaban J connectivity index is 1.75. The van der Waals surface area contributed by atoms with E-state index >= 15 is 0 Å². The zero-order chi connectivity index (χ0) is 18.0. The van der Waals surface area contributed by atoms with Gasteiger partial charge in [-0.05, 0) is 62.2 Å². The largest absolute Gasteiger partial charge is 0.358 e. The van der Waals surface area contributed by atoms with E-state index in [1.54, 1.807) is 24.3 Å². The Morgan fingerprint density at radius 3 is 2.52 bits per heavy atom. The number of anilines is 2. The Morgan fingerprint density at radius 2 is 1.88 bits per heavy atom. The highest BCUT2D eigenvalue weighted by Gasteiger charge is 2.19. The van der Waals surface area contributed by atoms with Crippen LogP contribution in [0.25, 0.3) is 0 Å². The predicted octanol–water partition coefficient (Wildman–Crippen LogP) is 4.44. The molecule has 0 aromatic heterocycles. The van der Waals surface area contributed by atoms with Crippen LogP contribution in [-0.4, -0.2) is 11.7 Å². The number of hydrogen-bond donors (Lipinski definition) is 2. The molecule has 1 aliphatic rings. The van der Waals surface area contributed by atoms with Gasteiger partial charge in [-0.25, -0.2) is 4.39 Å². The van der Waals surface area contributed by atoms with Crippen LogP contribution in [0.4, 0.5) is 15.8 Å². The molecular formula is C20H19FN2O2. The van der Waals surface area contributed by atoms with Crippen LogP contribution in [0.3, 0.4) is 0 Å². The van der Waals surface area contributed by atoms with Gasteiger partial charge < -0.3 is 10.6 Å². The van der Waals surface area contributed by atoms with Gasteiger partial charge in [0.2, 0.25) is 0 Å². The average molecular weight is 338 g/mol. The van der Waals surface area contributed by atoms with E-state index in [2.05, 4.69) is 10.6 Å². The summed E-state index contributed by atoms with van der Waals surface area (Å²) in [5.74, 6) is -0.527. The number of hydrogen-bond acceptors (Lipinski definition) is 3. The molecule has 3 rings (SSSR count). The fourth-order valence-corrected chi connectivity index (χ4v) is 2.82. The first-order valence-corrected chi connectivity index (χ1v) is 8.11. The number of carbonyl (C=O) groups excluding carboxylic acids is 2. The Labute approximate surface area is 145 Å². The Hall–Kier alpha value is -2.95. The minimum atomic E-state index is -0.400. The first kappa shape index (κ1) is 16.9. The highest BCUT2D eigenvalue weighted by molar-refractivity contribution is 6.04. The molecular weight excluding hydrogens is 319 g/mol. The lowest BCUT2D eigenvalue weighted by atomic mass is 10.1. The third-order valence-corrected chi connectivity index (χ3v) is 4.33. The third-order valence-electron chi connectivity index (χ3n) is 4.33. The summed E-state index contributed by atoms with van der Waals surface area (Å²) in [4.78, 5) is 23.9. The molecule has 5 heteroatoms. The maximum absolute atomic E-state index is 13.2. The molecule has 1 amide bonds. The SMILES string of the molecule is CC1=C(Nc2ccc(C(=O)Nc3cccc(F)c3)cc2C)CCC1=O. The highest BCUT2D eigenvalue weighted by Crippen LogP contribution is 2.26. The van der Waals surface area contributed by atoms with Gasteiger partial charge in [-0.3, -0.25) is 9.59 Å². The molecule has 1 aliphatic carbocycles. The van der Waals surface area contributed by atoms with Crippen molar-refractivity contribution >= 4 is 23.1 Å². The second-order valence-corrected chi connectivity index (χ2v) is 6.15. The molecule has 0 unspecified atom stereocenters. The van der Waals surface area contributed by atoms with Crippen molar-refractivity contribution in [3.8, 4) is 0 Å². The number of Topliss-reactive ketones (excluding diaryl/α,β-unsaturated/α-hetero) is 1. The molecule has 0 saturated carbocycles. The van der Waals surface area contributed by atoms with E-state index in [0.717, 1.165) is 22.5 Å². The Bertz CT molecular complexity index is 887. The highest BCUT2D eigenvalue weighted by atomic mass is 19.1. The number of ketones is 1. The predicted molar refractivity (Wildman–Crippen MR) is 96.1 cm³/mol. The van der Waals surface area contributed by atoms with E-state index in [4.69, 9.17) is 0 Å². The van der Waals surface area contributed by atoms with Gasteiger partial charge in [0.25, 0.3) is 5.91 Å². The van der Waals surface area contributed by atoms with Crippen LogP contribution in [0, 0.1) is 12.7 Å². The standard InChI is InChI=1S/C20H19FN2O2/c1-12-10-14(20(25)22-16-5-3-4-15(21)11-16)6-7-17(12)23-18-8-9-19(24)13(18)2/h3-7,10-11,23H,8-9H2,1-2H3,(H,22,25). The summed E-state index contributed by atoms with van der Waals surface area (Å²) in [5.41, 5.74) is 4.37. The number of rotatable bonds is 4. The van der Waals surface area contributed by atoms with E-state index in [1.165, 1.54) is 12.1 Å². The second-order valence-electron chi connectivity index (χ2n) is 6.15. The fraction of sp³-hybridized carbons (Fsp3) is 0.200. The fourth-order valence-electron chi connectivity index (χ4n) is 2.82. The number of aryl methyl sites for hydroxylation is 1. The van der Waals surface area contributed by atoms with Crippen molar-refractivity contribution in [2.75, 3.05) is 10.6 Å². The number of carbonyl (C=O) groups is 2. The van der Waals surface area contributed by atoms with Gasteiger partial charge in [0.05, 0.1) is 0 Å². The summed E-state index contributed by atoms with van der Waals surface area (Å²) in [7, 11) is 0. The van der Waals surface area contributed by atoms with Crippen molar-refractivity contribution in [3.63, 3.8) is 0 Å². The minimum Gasteiger partial charge on any atom is -0.358 e. The molecule has 128 valence electrons. The summed E-state index contributed by atoms with van der Waals surface area (Å²) in [6.07, 6.45) is 1.26. The average Bonchev–Trinajstić information content (AvgIpc) is 2.88. The van der Waals surface area contributed by atoms with Crippen molar-refractivity contribution in [1.29, 1.82) is 0 Å². The molecule has 0 radical (unpaired) electrons. The molecule has 4 nitrogen and oxygen atoms in total. The molecule has 0 heterocycles. The summed E-state index contributed by atoms with van der Waals surface area (Å²) in [6.45, 7) is 3.72. The minimum absolute atomic E-state index is 0.172. The van der Waals surface area contributed by atoms with E-state index in [0.29, 0.717) is 24.1 Å². The van der Waals surface area contributed by atoms with E-state index in [9.17, 15) is 14.0 Å². The van der Waals surface area contributed by atoms with Gasteiger partial charge >= 0.3 is 0 Å². The molecule has 0 fully saturated rings. The van der Waals surface area contributed by atoms with Crippen molar-refractivity contribution in [3.05, 3.63) is 70.7 Å². The van der Waals surface area contributed by atoms with Crippen molar-refractivity contribution in [2.24, 2.45) is 0 Å². The van der Waals surface area contributed by atoms with E-state index in [1.807, 2.05) is 19.9 Å². The molecule has 0 saturated heterocycles. The van der Waals surface area contributed by atoms with Gasteiger partial charge in [-0.15, -0.1) is 0 Å². The van der Waals surface area contributed by atoms with Gasteiger partial charge in [0, 0.05) is 34.6 Å². The molecule has 2 aromatic rings. The van der Waals surface area contributed by atoms with Crippen LogP contribution in [0.2, 0.25) is 0 Å². The molecule has 0 spiro atoms. The van der Waals surface area contributed by atoms with Crippen LogP contribution in [0.1, 0.15) is 35.7 Å². The molecule has 2 N–H and O–H groups in total. The van der Waals surface area contributed by atoms with Crippen LogP contribution in [-0.2, 0) is 4.79 Å². The normalized spacial score (nSPS) is 14.0. The molecule has 0 aliphatic heterocycles. The zero-order valence-corrected chi connectivity index (χ0v) is 14.2. The zero-order valence-electron chi connectivity index (χ0n) is 14.2. The second kappa shape index (κ2) is 6.89. The number of halogens is 1. The molecule has 0 atom stereocenters. The number of allylic oxidation sites excluding steroid dienone is 2. The van der Waals surface area contributed by atoms with Gasteiger partial charge in [-0.2, -0.15) is 0 Å². The number of nitrogens with one attached hydrogen (secondary N) is 2. The quantitative estimate of drug-likeness (QED) is 0.867. The third kappa shape index (κ3) is 3.76. The van der Waals surface area contributed by atoms with E-state index < -0.39 is 5.82 Å². The van der Waals surface area contributed by atoms with Gasteiger partial charge in [0.15, 0.2) is 5.78 Å². The summed E-state index contributed by atoms with van der Waals surface area (Å²) in [5, 5.41) is 5.97. The van der Waals surface area contributed by atoms with Crippen molar-refractivity contribution in [2.45, 2.75) is 26.7 Å². The first-order chi connectivity index (χ1) is 11.9. The molecule has 0 bridgehead atoms. The smallest absolute Gasteiger partial charge is 0.255 e. The number of amides is 1. The summed E-state index contributed by atoms with van der Waals surface area (Å²) < 4.78 is 13.2. The first-order valence-electron chi connectivity index (χ1n) is 8.11. The van der Waals surface area contributed by atoms with Crippen LogP contribution in [0.5, 0.6) is 0 Å². The maximum Gasteiger partial charge on any atom is 0.255 e. The lowest BCUT2D eigenvalue weighted by Crippen LogP contribution is -2.12. The van der Waals surface area contributed by atoms with Crippen molar-refractivity contribution < 1.29 is 14.0 Å². The van der Waals surface area contributed by atoms with Crippen LogP contribution >= 0.6 is 0 Å². The summed E-state index contributed by atoms with van der Waals surface area (Å²) >= 11 is 0. The van der Waals surface area contributed by atoms with Gasteiger partial charge in [0.1, 0.15) is 5.82 Å². The summed E-state index contributed by atoms with van der Waals surface area (Å²) in [6, 6.07) is 11.1. The Morgan fingerprint density at radius 1 is 1.08 bits per heavy atom. The lowest BCUT2D eigenvalue weighted by Gasteiger charge is -2.13. The monoisotopic (exact) mass is 338 g/mol. The van der Waals surface area contributed by atoms with Crippen LogP contribution in [0.15, 0.2) is 53.7 Å². The lowest BCUT2D eigenvalue weighted by molar-refractivity contribution is -0.114. The van der Waals surface area contributed by atoms with E-state index in [-0.39, 0.29) is 11.7 Å². The van der Waals surface area contributed by atoms with Crippen LogP contribution < -0.4 is 10.6 Å². The number of benzene rings is 2. The van der Waals surface area contributed by atoms with Gasteiger partial charge in [-0.1, -0.05) is 6.07 Å².